The molecule has 0 aliphatic carbocycles. The fraction of sp³-hybridized carbons (Fsp3) is 0.333. The molecule has 3 atom stereocenters. The van der Waals surface area contributed by atoms with E-state index in [9.17, 15) is 5.11 Å². The minimum atomic E-state index is 0.146. The number of rotatable bonds is 9. The molecule has 0 bridgehead atoms. The Morgan fingerprint density at radius 2 is 1.62 bits per heavy atom. The third kappa shape index (κ3) is 4.86. The van der Waals surface area contributed by atoms with Crippen molar-refractivity contribution in [2.75, 3.05) is 6.54 Å². The van der Waals surface area contributed by atoms with Crippen LogP contribution in [0.1, 0.15) is 42.9 Å². The Bertz CT molecular complexity index is 708. The molecule has 0 aromatic heterocycles. The number of aromatic hydroxyl groups is 1. The first kappa shape index (κ1) is 20.0. The van der Waals surface area contributed by atoms with Crippen LogP contribution in [0.15, 0.2) is 73.8 Å². The molecule has 26 heavy (non-hydrogen) atoms. The number of hydrogen-bond acceptors (Lipinski definition) is 2. The lowest BCUT2D eigenvalue weighted by Crippen LogP contribution is -2.39. The van der Waals surface area contributed by atoms with Crippen molar-refractivity contribution in [3.8, 4) is 5.75 Å². The van der Waals surface area contributed by atoms with Crippen molar-refractivity contribution < 1.29 is 5.11 Å². The third-order valence-electron chi connectivity index (χ3n) is 5.16. The molecule has 2 rings (SSSR count). The van der Waals surface area contributed by atoms with Gasteiger partial charge in [-0.25, -0.2) is 0 Å². The fourth-order valence-corrected chi connectivity index (χ4v) is 3.47. The molecule has 0 saturated heterocycles. The Labute approximate surface area is 158 Å². The molecule has 0 aliphatic rings. The highest BCUT2D eigenvalue weighted by Crippen LogP contribution is 2.35. The molecule has 0 aliphatic heterocycles. The van der Waals surface area contributed by atoms with Crippen LogP contribution in [0.4, 0.5) is 0 Å². The third-order valence-corrected chi connectivity index (χ3v) is 5.16. The van der Waals surface area contributed by atoms with Crippen LogP contribution in [0.2, 0.25) is 0 Å². The van der Waals surface area contributed by atoms with E-state index in [-0.39, 0.29) is 18.0 Å². The zero-order chi connectivity index (χ0) is 19.1. The highest BCUT2D eigenvalue weighted by atomic mass is 16.3. The Kier molecular flexibility index (Phi) is 7.23. The van der Waals surface area contributed by atoms with Gasteiger partial charge in [-0.2, -0.15) is 0 Å². The van der Waals surface area contributed by atoms with Crippen LogP contribution in [-0.4, -0.2) is 28.6 Å². The molecule has 0 spiro atoms. The first-order valence-corrected chi connectivity index (χ1v) is 9.33. The zero-order valence-electron chi connectivity index (χ0n) is 16.2. The lowest BCUT2D eigenvalue weighted by atomic mass is 9.86. The maximum atomic E-state index is 10.5. The zero-order valence-corrected chi connectivity index (χ0v) is 16.2. The fourth-order valence-electron chi connectivity index (χ4n) is 3.47. The predicted octanol–water partition coefficient (Wildman–Crippen LogP) is 5.67. The summed E-state index contributed by atoms with van der Waals surface area (Å²) in [6, 6.07) is 16.8. The number of nitrogens with zero attached hydrogens (tertiary/aromatic N) is 1. The quantitative estimate of drug-likeness (QED) is 0.589. The molecular weight excluding hydrogens is 318 g/mol. The second-order valence-corrected chi connectivity index (χ2v) is 7.00. The van der Waals surface area contributed by atoms with Gasteiger partial charge in [0.1, 0.15) is 5.75 Å². The van der Waals surface area contributed by atoms with Crippen LogP contribution < -0.4 is 0 Å². The van der Waals surface area contributed by atoms with Gasteiger partial charge in [0, 0.05) is 30.1 Å². The second-order valence-electron chi connectivity index (χ2n) is 7.00. The van der Waals surface area contributed by atoms with Crippen molar-refractivity contribution in [1.82, 2.24) is 4.90 Å². The minimum Gasteiger partial charge on any atom is -0.508 e. The second kappa shape index (κ2) is 9.40. The molecule has 0 heterocycles. The van der Waals surface area contributed by atoms with Crippen LogP contribution in [0.3, 0.4) is 0 Å². The summed E-state index contributed by atoms with van der Waals surface area (Å²) in [4.78, 5) is 2.39. The van der Waals surface area contributed by atoms with Gasteiger partial charge in [0.15, 0.2) is 0 Å². The molecular formula is C24H31NO. The van der Waals surface area contributed by atoms with Gasteiger partial charge in [-0.1, -0.05) is 60.2 Å². The summed E-state index contributed by atoms with van der Waals surface area (Å²) in [6.07, 6.45) is 4.86. The molecule has 2 heteroatoms. The summed E-state index contributed by atoms with van der Waals surface area (Å²) in [7, 11) is 0. The van der Waals surface area contributed by atoms with E-state index in [2.05, 4.69) is 69.2 Å². The van der Waals surface area contributed by atoms with E-state index in [0.717, 1.165) is 24.1 Å². The molecule has 2 unspecified atom stereocenters. The van der Waals surface area contributed by atoms with Gasteiger partial charge in [0.25, 0.3) is 0 Å². The van der Waals surface area contributed by atoms with E-state index < -0.39 is 0 Å². The Morgan fingerprint density at radius 1 is 1.00 bits per heavy atom. The highest BCUT2D eigenvalue weighted by molar-refractivity contribution is 5.43. The van der Waals surface area contributed by atoms with Gasteiger partial charge in [-0.3, -0.25) is 4.90 Å². The van der Waals surface area contributed by atoms with E-state index in [1.807, 2.05) is 24.3 Å². The number of phenols is 1. The van der Waals surface area contributed by atoms with E-state index in [0.29, 0.717) is 5.75 Å². The van der Waals surface area contributed by atoms with Crippen molar-refractivity contribution in [3.63, 3.8) is 0 Å². The first-order chi connectivity index (χ1) is 12.5. The van der Waals surface area contributed by atoms with Crippen LogP contribution in [0.25, 0.3) is 0 Å². The maximum Gasteiger partial charge on any atom is 0.119 e. The van der Waals surface area contributed by atoms with Crippen molar-refractivity contribution in [3.05, 3.63) is 90.5 Å². The van der Waals surface area contributed by atoms with E-state index in [4.69, 9.17) is 0 Å². The smallest absolute Gasteiger partial charge is 0.119 e. The molecule has 0 amide bonds. The topological polar surface area (TPSA) is 23.5 Å². The molecule has 138 valence electrons. The SMILES string of the molecule is C=CC(C)N(CC[C@H](c1ccccc1)c1cc(C)ccc1O)C(C)C=C. The average Bonchev–Trinajstić information content (AvgIpc) is 2.67. The lowest BCUT2D eigenvalue weighted by Gasteiger charge is -2.33. The van der Waals surface area contributed by atoms with Crippen molar-refractivity contribution in [2.45, 2.75) is 45.2 Å². The van der Waals surface area contributed by atoms with Gasteiger partial charge in [-0.05, 0) is 38.8 Å². The summed E-state index contributed by atoms with van der Waals surface area (Å²) in [5.41, 5.74) is 3.38. The standard InChI is InChI=1S/C24H31NO/c1-6-19(4)25(20(5)7-2)16-15-22(21-11-9-8-10-12-21)23-17-18(3)13-14-24(23)26/h6-14,17,19-20,22,26H,1-2,15-16H2,3-5H3/t19?,20?,22-/m1/s1. The van der Waals surface area contributed by atoms with Crippen LogP contribution in [0, 0.1) is 6.92 Å². The van der Waals surface area contributed by atoms with Gasteiger partial charge in [0.2, 0.25) is 0 Å². The summed E-state index contributed by atoms with van der Waals surface area (Å²) in [5.74, 6) is 0.511. The Balaban J connectivity index is 2.34. The monoisotopic (exact) mass is 349 g/mol. The molecule has 0 saturated carbocycles. The largest absolute Gasteiger partial charge is 0.508 e. The van der Waals surface area contributed by atoms with E-state index >= 15 is 0 Å². The molecule has 0 fully saturated rings. The number of hydrogen-bond donors (Lipinski definition) is 1. The average molecular weight is 350 g/mol. The van der Waals surface area contributed by atoms with Crippen LogP contribution >= 0.6 is 0 Å². The van der Waals surface area contributed by atoms with Crippen molar-refractivity contribution >= 4 is 0 Å². The van der Waals surface area contributed by atoms with E-state index in [1.54, 1.807) is 6.07 Å². The van der Waals surface area contributed by atoms with Gasteiger partial charge < -0.3 is 5.11 Å². The summed E-state index contributed by atoms with van der Waals surface area (Å²) >= 11 is 0. The molecule has 2 nitrogen and oxygen atoms in total. The minimum absolute atomic E-state index is 0.146. The summed E-state index contributed by atoms with van der Waals surface area (Å²) in [6.45, 7) is 15.2. The molecule has 0 radical (unpaired) electrons. The molecule has 1 N–H and O–H groups in total. The number of benzene rings is 2. The van der Waals surface area contributed by atoms with Gasteiger partial charge in [-0.15, -0.1) is 13.2 Å². The van der Waals surface area contributed by atoms with Gasteiger partial charge in [0.05, 0.1) is 0 Å². The van der Waals surface area contributed by atoms with Crippen molar-refractivity contribution in [1.29, 1.82) is 0 Å². The summed E-state index contributed by atoms with van der Waals surface area (Å²) < 4.78 is 0. The Hall–Kier alpha value is -2.32. The van der Waals surface area contributed by atoms with Crippen molar-refractivity contribution in [2.24, 2.45) is 0 Å². The number of aryl methyl sites for hydroxylation is 1. The Morgan fingerprint density at radius 3 is 2.19 bits per heavy atom. The van der Waals surface area contributed by atoms with Crippen LogP contribution in [-0.2, 0) is 0 Å². The van der Waals surface area contributed by atoms with Gasteiger partial charge >= 0.3 is 0 Å². The normalized spacial score (nSPS) is 14.6. The summed E-state index contributed by atoms with van der Waals surface area (Å²) in [5, 5.41) is 10.5. The first-order valence-electron chi connectivity index (χ1n) is 9.33. The number of phenolic OH excluding ortho intramolecular Hbond substituents is 1. The molecule has 2 aromatic carbocycles. The van der Waals surface area contributed by atoms with Crippen LogP contribution in [0.5, 0.6) is 5.75 Å². The lowest BCUT2D eigenvalue weighted by molar-refractivity contribution is 0.204. The predicted molar refractivity (Wildman–Crippen MR) is 112 cm³/mol. The maximum absolute atomic E-state index is 10.5. The molecule has 2 aromatic rings. The highest BCUT2D eigenvalue weighted by Gasteiger charge is 2.22. The van der Waals surface area contributed by atoms with E-state index in [1.165, 1.54) is 5.56 Å².